The molecule has 2 aromatic carbocycles. The molecular formula is C19H24N2O2. The van der Waals surface area contributed by atoms with E-state index in [1.54, 1.807) is 0 Å². The number of nitrogens with one attached hydrogen (secondary N) is 2. The summed E-state index contributed by atoms with van der Waals surface area (Å²) in [6.07, 6.45) is 1.90. The lowest BCUT2D eigenvalue weighted by Gasteiger charge is -2.09. The SMILES string of the molecule is Cc1cccc(OCCNC(=O)NCCCc2ccccc2)c1. The fourth-order valence-corrected chi connectivity index (χ4v) is 2.24. The first-order chi connectivity index (χ1) is 11.2. The molecule has 2 aromatic rings. The zero-order valence-electron chi connectivity index (χ0n) is 13.5. The average Bonchev–Trinajstić information content (AvgIpc) is 2.57. The Balaban J connectivity index is 1.52. The predicted octanol–water partition coefficient (Wildman–Crippen LogP) is 3.31. The van der Waals surface area contributed by atoms with Gasteiger partial charge in [-0.1, -0.05) is 42.5 Å². The van der Waals surface area contributed by atoms with Crippen LogP contribution in [-0.4, -0.2) is 25.7 Å². The van der Waals surface area contributed by atoms with Crippen LogP contribution in [0.1, 0.15) is 17.5 Å². The van der Waals surface area contributed by atoms with Gasteiger partial charge in [0.1, 0.15) is 12.4 Å². The van der Waals surface area contributed by atoms with E-state index in [2.05, 4.69) is 22.8 Å². The van der Waals surface area contributed by atoms with Crippen molar-refractivity contribution < 1.29 is 9.53 Å². The van der Waals surface area contributed by atoms with E-state index in [4.69, 9.17) is 4.74 Å². The minimum Gasteiger partial charge on any atom is -0.492 e. The molecule has 0 radical (unpaired) electrons. The van der Waals surface area contributed by atoms with Crippen LogP contribution in [0.4, 0.5) is 4.79 Å². The second-order valence-electron chi connectivity index (χ2n) is 5.44. The Morgan fingerprint density at radius 2 is 1.78 bits per heavy atom. The Bertz CT molecular complexity index is 599. The quantitative estimate of drug-likeness (QED) is 0.735. The van der Waals surface area contributed by atoms with Crippen LogP contribution in [0.25, 0.3) is 0 Å². The van der Waals surface area contributed by atoms with Gasteiger partial charge in [-0.3, -0.25) is 0 Å². The molecule has 0 atom stereocenters. The molecule has 4 nitrogen and oxygen atoms in total. The van der Waals surface area contributed by atoms with Crippen molar-refractivity contribution in [1.29, 1.82) is 0 Å². The van der Waals surface area contributed by atoms with E-state index < -0.39 is 0 Å². The van der Waals surface area contributed by atoms with E-state index in [1.165, 1.54) is 5.56 Å². The molecule has 0 spiro atoms. The maximum atomic E-state index is 11.6. The van der Waals surface area contributed by atoms with Gasteiger partial charge in [-0.2, -0.15) is 0 Å². The number of amides is 2. The van der Waals surface area contributed by atoms with Crippen molar-refractivity contribution in [2.75, 3.05) is 19.7 Å². The van der Waals surface area contributed by atoms with Gasteiger partial charge >= 0.3 is 6.03 Å². The third-order valence-electron chi connectivity index (χ3n) is 3.42. The number of aryl methyl sites for hydroxylation is 2. The maximum absolute atomic E-state index is 11.6. The van der Waals surface area contributed by atoms with E-state index in [0.717, 1.165) is 24.2 Å². The molecule has 4 heteroatoms. The zero-order valence-corrected chi connectivity index (χ0v) is 13.5. The topological polar surface area (TPSA) is 50.4 Å². The molecular weight excluding hydrogens is 288 g/mol. The summed E-state index contributed by atoms with van der Waals surface area (Å²) >= 11 is 0. The number of rotatable bonds is 8. The molecule has 0 heterocycles. The van der Waals surface area contributed by atoms with Crippen molar-refractivity contribution in [3.05, 3.63) is 65.7 Å². The Morgan fingerprint density at radius 3 is 2.57 bits per heavy atom. The Hall–Kier alpha value is -2.49. The van der Waals surface area contributed by atoms with Gasteiger partial charge in [-0.05, 0) is 43.0 Å². The normalized spacial score (nSPS) is 10.1. The van der Waals surface area contributed by atoms with Crippen LogP contribution in [0, 0.1) is 6.92 Å². The third kappa shape index (κ3) is 6.87. The van der Waals surface area contributed by atoms with Crippen molar-refractivity contribution in [3.63, 3.8) is 0 Å². The highest BCUT2D eigenvalue weighted by molar-refractivity contribution is 5.73. The minimum absolute atomic E-state index is 0.147. The number of hydrogen-bond acceptors (Lipinski definition) is 2. The average molecular weight is 312 g/mol. The van der Waals surface area contributed by atoms with Crippen LogP contribution in [0.15, 0.2) is 54.6 Å². The van der Waals surface area contributed by atoms with Gasteiger partial charge in [-0.25, -0.2) is 4.79 Å². The van der Waals surface area contributed by atoms with Crippen molar-refractivity contribution in [2.45, 2.75) is 19.8 Å². The molecule has 0 aliphatic rings. The van der Waals surface area contributed by atoms with Gasteiger partial charge in [0.2, 0.25) is 0 Å². The molecule has 2 N–H and O–H groups in total. The van der Waals surface area contributed by atoms with E-state index in [9.17, 15) is 4.79 Å². The molecule has 0 bridgehead atoms. The number of benzene rings is 2. The summed E-state index contributed by atoms with van der Waals surface area (Å²) in [5.41, 5.74) is 2.45. The van der Waals surface area contributed by atoms with Crippen LogP contribution in [0.5, 0.6) is 5.75 Å². The lowest BCUT2D eigenvalue weighted by atomic mass is 10.1. The van der Waals surface area contributed by atoms with Crippen LogP contribution in [-0.2, 0) is 6.42 Å². The summed E-state index contributed by atoms with van der Waals surface area (Å²) in [4.78, 5) is 11.6. The van der Waals surface area contributed by atoms with Gasteiger partial charge in [0.05, 0.1) is 6.54 Å². The van der Waals surface area contributed by atoms with Gasteiger partial charge in [0, 0.05) is 6.54 Å². The molecule has 2 amide bonds. The van der Waals surface area contributed by atoms with Crippen LogP contribution >= 0.6 is 0 Å². The van der Waals surface area contributed by atoms with Crippen LogP contribution in [0.2, 0.25) is 0 Å². The molecule has 0 fully saturated rings. The first kappa shape index (κ1) is 16.9. The molecule has 23 heavy (non-hydrogen) atoms. The number of carbonyl (C=O) groups excluding carboxylic acids is 1. The summed E-state index contributed by atoms with van der Waals surface area (Å²) < 4.78 is 5.58. The molecule has 2 rings (SSSR count). The second kappa shape index (κ2) is 9.51. The van der Waals surface area contributed by atoms with Crippen molar-refractivity contribution in [1.82, 2.24) is 10.6 Å². The molecule has 0 aromatic heterocycles. The summed E-state index contributed by atoms with van der Waals surface area (Å²) in [6.45, 7) is 3.63. The summed E-state index contributed by atoms with van der Waals surface area (Å²) in [5, 5.41) is 5.65. The fourth-order valence-electron chi connectivity index (χ4n) is 2.24. The fraction of sp³-hybridized carbons (Fsp3) is 0.316. The Kier molecular flexibility index (Phi) is 6.98. The minimum atomic E-state index is -0.147. The lowest BCUT2D eigenvalue weighted by molar-refractivity contribution is 0.236. The summed E-state index contributed by atoms with van der Waals surface area (Å²) in [5.74, 6) is 0.829. The number of urea groups is 1. The first-order valence-electron chi connectivity index (χ1n) is 7.99. The zero-order chi connectivity index (χ0) is 16.3. The summed E-state index contributed by atoms with van der Waals surface area (Å²) in [7, 11) is 0. The number of carbonyl (C=O) groups is 1. The van der Waals surface area contributed by atoms with E-state index in [1.807, 2.05) is 49.4 Å². The summed E-state index contributed by atoms with van der Waals surface area (Å²) in [6, 6.07) is 18.0. The highest BCUT2D eigenvalue weighted by Gasteiger charge is 2.00. The third-order valence-corrected chi connectivity index (χ3v) is 3.42. The standard InChI is InChI=1S/C19H24N2O2/c1-16-7-5-11-18(15-16)23-14-13-21-19(22)20-12-6-10-17-8-3-2-4-9-17/h2-5,7-9,11,15H,6,10,12-14H2,1H3,(H2,20,21,22). The largest absolute Gasteiger partial charge is 0.492 e. The van der Waals surface area contributed by atoms with Crippen molar-refractivity contribution in [2.24, 2.45) is 0 Å². The number of ether oxygens (including phenoxy) is 1. The van der Waals surface area contributed by atoms with E-state index in [-0.39, 0.29) is 6.03 Å². The Morgan fingerprint density at radius 1 is 1.00 bits per heavy atom. The molecule has 0 aliphatic heterocycles. The molecule has 0 saturated heterocycles. The van der Waals surface area contributed by atoms with Gasteiger partial charge in [0.15, 0.2) is 0 Å². The highest BCUT2D eigenvalue weighted by Crippen LogP contribution is 2.11. The molecule has 0 aliphatic carbocycles. The molecule has 0 saturated carbocycles. The van der Waals surface area contributed by atoms with Crippen molar-refractivity contribution in [3.8, 4) is 5.75 Å². The van der Waals surface area contributed by atoms with E-state index in [0.29, 0.717) is 19.7 Å². The highest BCUT2D eigenvalue weighted by atomic mass is 16.5. The monoisotopic (exact) mass is 312 g/mol. The maximum Gasteiger partial charge on any atom is 0.314 e. The predicted molar refractivity (Wildman–Crippen MR) is 92.8 cm³/mol. The Labute approximate surface area is 137 Å². The van der Waals surface area contributed by atoms with E-state index >= 15 is 0 Å². The molecule has 122 valence electrons. The van der Waals surface area contributed by atoms with Gasteiger partial charge in [-0.15, -0.1) is 0 Å². The van der Waals surface area contributed by atoms with Crippen LogP contribution < -0.4 is 15.4 Å². The molecule has 0 unspecified atom stereocenters. The first-order valence-corrected chi connectivity index (χ1v) is 7.99. The second-order valence-corrected chi connectivity index (χ2v) is 5.44. The van der Waals surface area contributed by atoms with Gasteiger partial charge in [0.25, 0.3) is 0 Å². The number of hydrogen-bond donors (Lipinski definition) is 2. The van der Waals surface area contributed by atoms with Crippen molar-refractivity contribution >= 4 is 6.03 Å². The lowest BCUT2D eigenvalue weighted by Crippen LogP contribution is -2.38. The smallest absolute Gasteiger partial charge is 0.314 e. The van der Waals surface area contributed by atoms with Crippen LogP contribution in [0.3, 0.4) is 0 Å². The van der Waals surface area contributed by atoms with Gasteiger partial charge < -0.3 is 15.4 Å².